The monoisotopic (exact) mass is 382 g/mol. The van der Waals surface area contributed by atoms with Crippen LogP contribution < -0.4 is 0 Å². The van der Waals surface area contributed by atoms with Gasteiger partial charge in [0.15, 0.2) is 0 Å². The van der Waals surface area contributed by atoms with Crippen molar-refractivity contribution in [1.29, 1.82) is 0 Å². The lowest BCUT2D eigenvalue weighted by atomic mass is 10.1. The highest BCUT2D eigenvalue weighted by molar-refractivity contribution is 9.10. The zero-order valence-electron chi connectivity index (χ0n) is 9.51. The number of alkyl halides is 1. The molecule has 5 heteroatoms. The molecule has 96 valence electrons. The number of aryl methyl sites for hydroxylation is 1. The number of thiophene rings is 1. The van der Waals surface area contributed by atoms with Crippen LogP contribution in [0.3, 0.4) is 0 Å². The molecule has 0 aliphatic carbocycles. The van der Waals surface area contributed by atoms with Crippen molar-refractivity contribution in [3.8, 4) is 0 Å². The SMILES string of the molecule is Cc1sc(C(Cl)Cc2ccc(Cl)c(Cl)c2)cc1Br. The first-order chi connectivity index (χ1) is 8.47. The van der Waals surface area contributed by atoms with E-state index in [0.717, 1.165) is 21.3 Å². The Balaban J connectivity index is 2.15. The van der Waals surface area contributed by atoms with Crippen LogP contribution in [0.5, 0.6) is 0 Å². The second-order valence-corrected chi connectivity index (χ2v) is 7.46. The summed E-state index contributed by atoms with van der Waals surface area (Å²) in [6.45, 7) is 2.07. The molecular formula is C13H10BrCl3S. The van der Waals surface area contributed by atoms with Crippen LogP contribution >= 0.6 is 62.1 Å². The maximum atomic E-state index is 6.43. The Hall–Kier alpha value is 0.270. The van der Waals surface area contributed by atoms with Crippen LogP contribution in [-0.4, -0.2) is 0 Å². The minimum Gasteiger partial charge on any atom is -0.143 e. The van der Waals surface area contributed by atoms with Crippen molar-refractivity contribution in [1.82, 2.24) is 0 Å². The Morgan fingerprint density at radius 2 is 1.94 bits per heavy atom. The van der Waals surface area contributed by atoms with Gasteiger partial charge in [-0.15, -0.1) is 22.9 Å². The Bertz CT molecular complexity index is 546. The van der Waals surface area contributed by atoms with Crippen molar-refractivity contribution < 1.29 is 0 Å². The zero-order chi connectivity index (χ0) is 13.3. The zero-order valence-corrected chi connectivity index (χ0v) is 14.2. The van der Waals surface area contributed by atoms with E-state index < -0.39 is 0 Å². The fourth-order valence-corrected chi connectivity index (χ4v) is 3.84. The van der Waals surface area contributed by atoms with Crippen molar-refractivity contribution in [2.24, 2.45) is 0 Å². The van der Waals surface area contributed by atoms with Crippen LogP contribution in [0, 0.1) is 6.92 Å². The molecule has 1 atom stereocenters. The Morgan fingerprint density at radius 3 is 2.50 bits per heavy atom. The van der Waals surface area contributed by atoms with Crippen LogP contribution in [0.1, 0.15) is 20.7 Å². The minimum absolute atomic E-state index is 0.0442. The van der Waals surface area contributed by atoms with E-state index >= 15 is 0 Å². The van der Waals surface area contributed by atoms with E-state index in [-0.39, 0.29) is 5.38 Å². The van der Waals surface area contributed by atoms with Gasteiger partial charge < -0.3 is 0 Å². The standard InChI is InChI=1S/C13H10BrCl3S/c1-7-9(14)6-13(18-7)12(17)5-8-2-3-10(15)11(16)4-8/h2-4,6,12H,5H2,1H3. The molecular weight excluding hydrogens is 374 g/mol. The Labute approximate surface area is 134 Å². The molecule has 0 N–H and O–H groups in total. The summed E-state index contributed by atoms with van der Waals surface area (Å²) in [6, 6.07) is 7.71. The Kier molecular flexibility index (Phi) is 5.01. The van der Waals surface area contributed by atoms with E-state index in [1.807, 2.05) is 12.1 Å². The highest BCUT2D eigenvalue weighted by Crippen LogP contribution is 2.36. The highest BCUT2D eigenvalue weighted by Gasteiger charge is 2.14. The maximum Gasteiger partial charge on any atom is 0.0719 e. The van der Waals surface area contributed by atoms with Gasteiger partial charge in [0.2, 0.25) is 0 Å². The van der Waals surface area contributed by atoms with Crippen molar-refractivity contribution in [2.75, 3.05) is 0 Å². The lowest BCUT2D eigenvalue weighted by molar-refractivity contribution is 0.940. The number of rotatable bonds is 3. The molecule has 1 aromatic heterocycles. The smallest absolute Gasteiger partial charge is 0.0719 e. The largest absolute Gasteiger partial charge is 0.143 e. The summed E-state index contributed by atoms with van der Waals surface area (Å²) in [5.41, 5.74) is 1.09. The molecule has 0 radical (unpaired) electrons. The first kappa shape index (κ1) is 14.7. The van der Waals surface area contributed by atoms with Gasteiger partial charge in [-0.3, -0.25) is 0 Å². The lowest BCUT2D eigenvalue weighted by Gasteiger charge is -2.08. The van der Waals surface area contributed by atoms with Gasteiger partial charge in [0.25, 0.3) is 0 Å². The van der Waals surface area contributed by atoms with Crippen LogP contribution in [0.4, 0.5) is 0 Å². The van der Waals surface area contributed by atoms with Gasteiger partial charge in [0, 0.05) is 14.2 Å². The molecule has 1 aromatic carbocycles. The summed E-state index contributed by atoms with van der Waals surface area (Å²) >= 11 is 23.5. The van der Waals surface area contributed by atoms with E-state index in [4.69, 9.17) is 34.8 Å². The van der Waals surface area contributed by atoms with Gasteiger partial charge in [-0.05, 0) is 53.0 Å². The molecule has 18 heavy (non-hydrogen) atoms. The van der Waals surface area contributed by atoms with Gasteiger partial charge in [0.05, 0.1) is 15.4 Å². The van der Waals surface area contributed by atoms with E-state index in [1.165, 1.54) is 4.88 Å². The second-order valence-electron chi connectivity index (χ2n) is 3.97. The molecule has 1 unspecified atom stereocenters. The first-order valence-electron chi connectivity index (χ1n) is 5.31. The van der Waals surface area contributed by atoms with Gasteiger partial charge in [-0.1, -0.05) is 29.3 Å². The second kappa shape index (κ2) is 6.15. The van der Waals surface area contributed by atoms with Crippen molar-refractivity contribution in [3.63, 3.8) is 0 Å². The molecule has 2 rings (SSSR count). The quantitative estimate of drug-likeness (QED) is 0.520. The van der Waals surface area contributed by atoms with Gasteiger partial charge in [-0.25, -0.2) is 0 Å². The third kappa shape index (κ3) is 3.43. The summed E-state index contributed by atoms with van der Waals surface area (Å²) in [4.78, 5) is 2.40. The fraction of sp³-hybridized carbons (Fsp3) is 0.231. The molecule has 0 fully saturated rings. The summed E-state index contributed by atoms with van der Waals surface area (Å²) in [5, 5.41) is 1.10. The predicted octanol–water partition coefficient (Wildman–Crippen LogP) is 6.65. The topological polar surface area (TPSA) is 0 Å². The molecule has 0 bridgehead atoms. The number of benzene rings is 1. The Morgan fingerprint density at radius 1 is 1.22 bits per heavy atom. The molecule has 0 nitrogen and oxygen atoms in total. The molecule has 0 spiro atoms. The number of halogens is 4. The molecule has 0 saturated heterocycles. The average Bonchev–Trinajstić information content (AvgIpc) is 2.65. The fourth-order valence-electron chi connectivity index (χ4n) is 1.61. The lowest BCUT2D eigenvalue weighted by Crippen LogP contribution is -1.93. The predicted molar refractivity (Wildman–Crippen MR) is 85.5 cm³/mol. The summed E-state index contributed by atoms with van der Waals surface area (Å²) in [6.07, 6.45) is 0.741. The molecule has 1 heterocycles. The van der Waals surface area contributed by atoms with E-state index in [9.17, 15) is 0 Å². The third-order valence-electron chi connectivity index (χ3n) is 2.58. The van der Waals surface area contributed by atoms with Crippen LogP contribution in [0.25, 0.3) is 0 Å². The van der Waals surface area contributed by atoms with Crippen LogP contribution in [0.15, 0.2) is 28.7 Å². The summed E-state index contributed by atoms with van der Waals surface area (Å²) < 4.78 is 1.11. The first-order valence-corrected chi connectivity index (χ1v) is 8.11. The average molecular weight is 385 g/mol. The third-order valence-corrected chi connectivity index (χ3v) is 6.09. The van der Waals surface area contributed by atoms with Gasteiger partial charge >= 0.3 is 0 Å². The molecule has 0 amide bonds. The van der Waals surface area contributed by atoms with E-state index in [1.54, 1.807) is 17.4 Å². The molecule has 0 aliphatic heterocycles. The summed E-state index contributed by atoms with van der Waals surface area (Å²) in [7, 11) is 0. The number of hydrogen-bond acceptors (Lipinski definition) is 1. The number of hydrogen-bond donors (Lipinski definition) is 0. The summed E-state index contributed by atoms with van der Waals surface area (Å²) in [5.74, 6) is 0. The van der Waals surface area contributed by atoms with E-state index in [2.05, 4.69) is 28.9 Å². The molecule has 2 aromatic rings. The van der Waals surface area contributed by atoms with Crippen molar-refractivity contribution in [2.45, 2.75) is 18.7 Å². The van der Waals surface area contributed by atoms with Gasteiger partial charge in [0.1, 0.15) is 0 Å². The molecule has 0 aliphatic rings. The molecule has 0 saturated carbocycles. The van der Waals surface area contributed by atoms with E-state index in [0.29, 0.717) is 10.0 Å². The normalized spacial score (nSPS) is 12.7. The van der Waals surface area contributed by atoms with Crippen molar-refractivity contribution >= 4 is 62.1 Å². The van der Waals surface area contributed by atoms with Crippen molar-refractivity contribution in [3.05, 3.63) is 54.1 Å². The van der Waals surface area contributed by atoms with Crippen LogP contribution in [0.2, 0.25) is 10.0 Å². The van der Waals surface area contributed by atoms with Crippen LogP contribution in [-0.2, 0) is 6.42 Å². The minimum atomic E-state index is -0.0442. The van der Waals surface area contributed by atoms with Gasteiger partial charge in [-0.2, -0.15) is 0 Å². The maximum absolute atomic E-state index is 6.43. The highest BCUT2D eigenvalue weighted by atomic mass is 79.9.